The zero-order valence-corrected chi connectivity index (χ0v) is 46.8. The van der Waals surface area contributed by atoms with Crippen LogP contribution >= 0.6 is 0 Å². The third-order valence-corrected chi connectivity index (χ3v) is 15.1. The van der Waals surface area contributed by atoms with Gasteiger partial charge in [-0.15, -0.1) is 0 Å². The second-order valence-electron chi connectivity index (χ2n) is 21.9. The van der Waals surface area contributed by atoms with E-state index in [-0.39, 0.29) is 12.5 Å². The second kappa shape index (κ2) is 52.1. The molecule has 1 fully saturated rings. The van der Waals surface area contributed by atoms with Crippen LogP contribution in [0, 0.1) is 0 Å². The molecule has 1 heterocycles. The van der Waals surface area contributed by atoms with E-state index in [0.29, 0.717) is 12.8 Å². The summed E-state index contributed by atoms with van der Waals surface area (Å²) in [6.45, 7) is 3.87. The lowest BCUT2D eigenvalue weighted by Gasteiger charge is -2.40. The van der Waals surface area contributed by atoms with Crippen molar-refractivity contribution in [3.63, 3.8) is 0 Å². The van der Waals surface area contributed by atoms with E-state index in [4.69, 9.17) is 9.47 Å². The van der Waals surface area contributed by atoms with Crippen molar-refractivity contribution in [1.29, 1.82) is 0 Å². The quantitative estimate of drug-likeness (QED) is 0.0261. The first-order valence-electron chi connectivity index (χ1n) is 31.0. The Morgan fingerprint density at radius 3 is 1.21 bits per heavy atom. The van der Waals surface area contributed by atoms with Gasteiger partial charge in [-0.1, -0.05) is 282 Å². The molecule has 6 N–H and O–H groups in total. The number of carbonyl (C=O) groups excluding carboxylic acids is 1. The summed E-state index contributed by atoms with van der Waals surface area (Å²) in [7, 11) is 0. The fraction of sp³-hybridized carbons (Fsp3) is 0.919. The lowest BCUT2D eigenvalue weighted by atomic mass is 9.99. The molecule has 0 spiro atoms. The summed E-state index contributed by atoms with van der Waals surface area (Å²) in [6.07, 6.45) is 59.4. The topological polar surface area (TPSA) is 149 Å². The summed E-state index contributed by atoms with van der Waals surface area (Å²) in [6, 6.07) is -0.716. The molecule has 1 aliphatic rings. The van der Waals surface area contributed by atoms with Gasteiger partial charge in [0, 0.05) is 6.42 Å². The Morgan fingerprint density at radius 1 is 0.479 bits per heavy atom. The Balaban J connectivity index is 2.10. The Kier molecular flexibility index (Phi) is 49.7. The van der Waals surface area contributed by atoms with Crippen molar-refractivity contribution >= 4 is 5.91 Å². The van der Waals surface area contributed by atoms with Crippen molar-refractivity contribution in [2.24, 2.45) is 0 Å². The molecule has 0 saturated carbocycles. The highest BCUT2D eigenvalue weighted by molar-refractivity contribution is 5.76. The molecule has 0 aliphatic carbocycles. The van der Waals surface area contributed by atoms with Crippen LogP contribution in [0.15, 0.2) is 24.3 Å². The smallest absolute Gasteiger partial charge is 0.220 e. The van der Waals surface area contributed by atoms with Gasteiger partial charge in [-0.2, -0.15) is 0 Å². The van der Waals surface area contributed by atoms with Crippen LogP contribution in [0.4, 0.5) is 0 Å². The number of allylic oxidation sites excluding steroid dienone is 4. The molecule has 71 heavy (non-hydrogen) atoms. The van der Waals surface area contributed by atoms with Crippen LogP contribution in [0.3, 0.4) is 0 Å². The summed E-state index contributed by atoms with van der Waals surface area (Å²) in [5.74, 6) is -0.139. The molecule has 0 aromatic rings. The van der Waals surface area contributed by atoms with Crippen molar-refractivity contribution in [2.75, 3.05) is 13.2 Å². The number of amides is 1. The molecule has 0 bridgehead atoms. The predicted octanol–water partition coefficient (Wildman–Crippen LogP) is 15.7. The summed E-state index contributed by atoms with van der Waals surface area (Å²) >= 11 is 0. The zero-order chi connectivity index (χ0) is 51.5. The van der Waals surface area contributed by atoms with Gasteiger partial charge in [0.15, 0.2) is 6.29 Å². The van der Waals surface area contributed by atoms with E-state index in [1.807, 2.05) is 0 Å². The van der Waals surface area contributed by atoms with Gasteiger partial charge in [0.2, 0.25) is 5.91 Å². The Morgan fingerprint density at radius 2 is 0.831 bits per heavy atom. The van der Waals surface area contributed by atoms with Crippen molar-refractivity contribution < 1.29 is 39.8 Å². The van der Waals surface area contributed by atoms with Crippen molar-refractivity contribution in [3.8, 4) is 0 Å². The molecule has 9 nitrogen and oxygen atoms in total. The fourth-order valence-corrected chi connectivity index (χ4v) is 10.1. The normalized spacial score (nSPS) is 19.3. The Hall–Kier alpha value is -1.33. The number of hydrogen-bond donors (Lipinski definition) is 6. The van der Waals surface area contributed by atoms with Crippen LogP contribution in [-0.4, -0.2) is 87.5 Å². The number of aliphatic hydroxyl groups is 5. The minimum atomic E-state index is -1.55. The monoisotopic (exact) mass is 1010 g/mol. The van der Waals surface area contributed by atoms with Gasteiger partial charge in [-0.05, 0) is 44.9 Å². The van der Waals surface area contributed by atoms with E-state index in [1.54, 1.807) is 0 Å². The van der Waals surface area contributed by atoms with Crippen molar-refractivity contribution in [2.45, 2.75) is 352 Å². The van der Waals surface area contributed by atoms with Crippen LogP contribution in [0.2, 0.25) is 0 Å². The number of ether oxygens (including phenoxy) is 2. The van der Waals surface area contributed by atoms with Gasteiger partial charge in [0.25, 0.3) is 0 Å². The van der Waals surface area contributed by atoms with Crippen molar-refractivity contribution in [3.05, 3.63) is 24.3 Å². The molecular formula is C62H119NO8. The van der Waals surface area contributed by atoms with Crippen LogP contribution in [0.1, 0.15) is 309 Å². The highest BCUT2D eigenvalue weighted by Gasteiger charge is 2.44. The molecule has 0 radical (unpaired) electrons. The summed E-state index contributed by atoms with van der Waals surface area (Å²) in [5.41, 5.74) is 0. The van der Waals surface area contributed by atoms with Gasteiger partial charge >= 0.3 is 0 Å². The average Bonchev–Trinajstić information content (AvgIpc) is 3.37. The summed E-state index contributed by atoms with van der Waals surface area (Å²) < 4.78 is 11.3. The average molecular weight is 1010 g/mol. The third kappa shape index (κ3) is 41.6. The number of rotatable bonds is 54. The molecule has 1 aliphatic heterocycles. The molecule has 1 amide bonds. The Bertz CT molecular complexity index is 1170. The van der Waals surface area contributed by atoms with Gasteiger partial charge in [-0.25, -0.2) is 0 Å². The first kappa shape index (κ1) is 67.7. The van der Waals surface area contributed by atoms with E-state index < -0.39 is 49.5 Å². The highest BCUT2D eigenvalue weighted by atomic mass is 16.7. The standard InChI is InChI=1S/C62H119NO8/c1-3-5-7-9-11-13-15-17-19-20-21-22-23-24-25-26-27-28-29-30-31-32-33-34-35-36-38-40-42-44-46-48-50-52-58(66)63-55(54-70-62-61(69)60(68)59(67)57(53-64)71-62)56(65)51-49-47-45-43-41-39-37-18-16-14-12-10-8-6-4-2/h21-22,24-25,55-57,59-62,64-65,67-69H,3-20,23,26-54H2,1-2H3,(H,63,66)/b22-21-,25-24-. The second-order valence-corrected chi connectivity index (χ2v) is 21.9. The molecule has 7 atom stereocenters. The number of carbonyl (C=O) groups is 1. The van der Waals surface area contributed by atoms with E-state index >= 15 is 0 Å². The Labute approximate surface area is 439 Å². The SMILES string of the molecule is CCCCCCCCCCC/C=C\C/C=C\CCCCCCCCCCCCCCCCCCCC(=O)NC(COC1OC(CO)C(O)C(O)C1O)C(O)CCCCCCCCCCCCCCCCC. The molecule has 0 aromatic heterocycles. The van der Waals surface area contributed by atoms with Crippen LogP contribution in [0.5, 0.6) is 0 Å². The minimum absolute atomic E-state index is 0.134. The third-order valence-electron chi connectivity index (χ3n) is 15.1. The minimum Gasteiger partial charge on any atom is -0.394 e. The first-order valence-corrected chi connectivity index (χ1v) is 31.0. The number of hydrogen-bond acceptors (Lipinski definition) is 8. The summed E-state index contributed by atoms with van der Waals surface area (Å²) in [5, 5.41) is 54.7. The van der Waals surface area contributed by atoms with Crippen LogP contribution < -0.4 is 5.32 Å². The maximum Gasteiger partial charge on any atom is 0.220 e. The number of aliphatic hydroxyl groups excluding tert-OH is 5. The molecule has 0 aromatic carbocycles. The fourth-order valence-electron chi connectivity index (χ4n) is 10.1. The van der Waals surface area contributed by atoms with Crippen LogP contribution in [-0.2, 0) is 14.3 Å². The maximum absolute atomic E-state index is 13.1. The van der Waals surface area contributed by atoms with E-state index in [2.05, 4.69) is 43.5 Å². The van der Waals surface area contributed by atoms with E-state index in [1.165, 1.54) is 238 Å². The molecule has 9 heteroatoms. The molecule has 1 rings (SSSR count). The van der Waals surface area contributed by atoms with E-state index in [0.717, 1.165) is 44.9 Å². The van der Waals surface area contributed by atoms with Crippen molar-refractivity contribution in [1.82, 2.24) is 5.32 Å². The largest absolute Gasteiger partial charge is 0.394 e. The molecule has 1 saturated heterocycles. The zero-order valence-electron chi connectivity index (χ0n) is 46.8. The molecule has 420 valence electrons. The molecular weight excluding hydrogens is 887 g/mol. The number of nitrogens with one attached hydrogen (secondary N) is 1. The van der Waals surface area contributed by atoms with Crippen LogP contribution in [0.25, 0.3) is 0 Å². The van der Waals surface area contributed by atoms with Gasteiger partial charge < -0.3 is 40.3 Å². The maximum atomic E-state index is 13.1. The summed E-state index contributed by atoms with van der Waals surface area (Å²) in [4.78, 5) is 13.1. The van der Waals surface area contributed by atoms with Gasteiger partial charge in [-0.3, -0.25) is 4.79 Å². The van der Waals surface area contributed by atoms with E-state index in [9.17, 15) is 30.3 Å². The lowest BCUT2D eigenvalue weighted by molar-refractivity contribution is -0.302. The first-order chi connectivity index (χ1) is 34.8. The number of unbranched alkanes of at least 4 members (excludes halogenated alkanes) is 40. The highest BCUT2D eigenvalue weighted by Crippen LogP contribution is 2.23. The van der Waals surface area contributed by atoms with Gasteiger partial charge in [0.05, 0.1) is 25.4 Å². The predicted molar refractivity (Wildman–Crippen MR) is 300 cm³/mol. The lowest BCUT2D eigenvalue weighted by Crippen LogP contribution is -2.60. The molecule has 7 unspecified atom stereocenters. The van der Waals surface area contributed by atoms with Gasteiger partial charge in [0.1, 0.15) is 24.4 Å².